The lowest BCUT2D eigenvalue weighted by atomic mass is 9.79. The van der Waals surface area contributed by atoms with Crippen molar-refractivity contribution in [3.05, 3.63) is 71.9 Å². The van der Waals surface area contributed by atoms with Crippen LogP contribution in [0.5, 0.6) is 5.75 Å². The molecule has 1 atom stereocenters. The maximum absolute atomic E-state index is 13.3. The smallest absolute Gasteiger partial charge is 0.264 e. The fourth-order valence-corrected chi connectivity index (χ4v) is 2.95. The van der Waals surface area contributed by atoms with Crippen LogP contribution in [-0.2, 0) is 16.8 Å². The second-order valence-electron chi connectivity index (χ2n) is 5.88. The molecule has 1 aliphatic rings. The molecule has 6 nitrogen and oxygen atoms in total. The van der Waals surface area contributed by atoms with E-state index in [9.17, 15) is 4.39 Å². The monoisotopic (exact) mass is 341 g/mol. The first kappa shape index (κ1) is 15.7. The van der Waals surface area contributed by atoms with E-state index in [1.54, 1.807) is 36.7 Å². The van der Waals surface area contributed by atoms with Crippen LogP contribution in [0.4, 0.5) is 4.39 Å². The molecular formula is C18H16FN3O3. The first-order chi connectivity index (χ1) is 12.3. The largest absolute Gasteiger partial charge is 0.482 e. The Morgan fingerprint density at radius 1 is 1.20 bits per heavy atom. The third-order valence-corrected chi connectivity index (χ3v) is 4.31. The Labute approximate surface area is 143 Å². The van der Waals surface area contributed by atoms with Crippen LogP contribution in [0.25, 0.3) is 0 Å². The van der Waals surface area contributed by atoms with Crippen molar-refractivity contribution in [2.24, 2.45) is 0 Å². The van der Waals surface area contributed by atoms with E-state index in [-0.39, 0.29) is 12.4 Å². The van der Waals surface area contributed by atoms with Gasteiger partial charge in [0.1, 0.15) is 11.6 Å². The van der Waals surface area contributed by atoms with E-state index in [1.165, 1.54) is 12.1 Å². The summed E-state index contributed by atoms with van der Waals surface area (Å²) in [5.74, 6) is 1.24. The lowest BCUT2D eigenvalue weighted by Crippen LogP contribution is -2.29. The Hall–Kier alpha value is -2.80. The maximum Gasteiger partial charge on any atom is 0.264 e. The molecule has 0 saturated carbocycles. The van der Waals surface area contributed by atoms with Gasteiger partial charge in [0.2, 0.25) is 0 Å². The summed E-state index contributed by atoms with van der Waals surface area (Å²) in [6.45, 7) is 1.17. The minimum absolute atomic E-state index is 0.152. The second kappa shape index (κ2) is 6.60. The number of aromatic nitrogens is 3. The van der Waals surface area contributed by atoms with Crippen molar-refractivity contribution < 1.29 is 18.4 Å². The van der Waals surface area contributed by atoms with Crippen molar-refractivity contribution >= 4 is 0 Å². The van der Waals surface area contributed by atoms with Gasteiger partial charge in [0.25, 0.3) is 5.89 Å². The van der Waals surface area contributed by atoms with E-state index < -0.39 is 5.41 Å². The Morgan fingerprint density at radius 2 is 2.08 bits per heavy atom. The minimum Gasteiger partial charge on any atom is -0.482 e. The zero-order chi connectivity index (χ0) is 17.1. The van der Waals surface area contributed by atoms with Crippen LogP contribution >= 0.6 is 0 Å². The molecule has 3 heterocycles. The number of ether oxygens (including phenoxy) is 2. The van der Waals surface area contributed by atoms with Crippen molar-refractivity contribution in [2.45, 2.75) is 18.4 Å². The van der Waals surface area contributed by atoms with Crippen molar-refractivity contribution in [3.63, 3.8) is 0 Å². The van der Waals surface area contributed by atoms with Crippen molar-refractivity contribution in [1.82, 2.24) is 15.1 Å². The summed E-state index contributed by atoms with van der Waals surface area (Å²) in [6.07, 6.45) is 3.99. The number of benzene rings is 1. The minimum atomic E-state index is -0.524. The third kappa shape index (κ3) is 3.10. The van der Waals surface area contributed by atoms with Gasteiger partial charge in [0.05, 0.1) is 18.2 Å². The van der Waals surface area contributed by atoms with E-state index in [1.807, 2.05) is 0 Å². The molecular weight excluding hydrogens is 325 g/mol. The van der Waals surface area contributed by atoms with E-state index in [4.69, 9.17) is 14.0 Å². The molecule has 1 unspecified atom stereocenters. The van der Waals surface area contributed by atoms with Crippen LogP contribution in [0.1, 0.15) is 23.7 Å². The summed E-state index contributed by atoms with van der Waals surface area (Å²) in [5, 5.41) is 4.13. The fraction of sp³-hybridized carbons (Fsp3) is 0.278. The Balaban J connectivity index is 1.57. The average molecular weight is 341 g/mol. The van der Waals surface area contributed by atoms with E-state index in [2.05, 4.69) is 15.1 Å². The average Bonchev–Trinajstić information content (AvgIpc) is 3.32. The Bertz CT molecular complexity index is 830. The van der Waals surface area contributed by atoms with Crippen LogP contribution in [0.15, 0.2) is 53.3 Å². The van der Waals surface area contributed by atoms with Gasteiger partial charge in [0.15, 0.2) is 12.4 Å². The SMILES string of the molecule is Fc1ccc(C2(c3noc(COc4cccnc4)n3)CCOC2)cc1. The summed E-state index contributed by atoms with van der Waals surface area (Å²) >= 11 is 0. The summed E-state index contributed by atoms with van der Waals surface area (Å²) in [7, 11) is 0. The van der Waals surface area contributed by atoms with Crippen LogP contribution in [0, 0.1) is 5.82 Å². The van der Waals surface area contributed by atoms with Gasteiger partial charge in [0, 0.05) is 12.8 Å². The van der Waals surface area contributed by atoms with Gasteiger partial charge >= 0.3 is 0 Å². The topological polar surface area (TPSA) is 70.3 Å². The molecule has 4 rings (SSSR count). The molecule has 1 fully saturated rings. The molecule has 0 spiro atoms. The van der Waals surface area contributed by atoms with Crippen molar-refractivity contribution in [2.75, 3.05) is 13.2 Å². The highest BCUT2D eigenvalue weighted by molar-refractivity contribution is 5.34. The van der Waals surface area contributed by atoms with Crippen LogP contribution in [0.3, 0.4) is 0 Å². The molecule has 1 aliphatic heterocycles. The van der Waals surface area contributed by atoms with Crippen LogP contribution in [-0.4, -0.2) is 28.3 Å². The van der Waals surface area contributed by atoms with Crippen LogP contribution < -0.4 is 4.74 Å². The number of hydrogen-bond donors (Lipinski definition) is 0. The van der Waals surface area contributed by atoms with E-state index >= 15 is 0 Å². The fourth-order valence-electron chi connectivity index (χ4n) is 2.95. The summed E-state index contributed by atoms with van der Waals surface area (Å²) < 4.78 is 29.8. The molecule has 1 saturated heterocycles. The lowest BCUT2D eigenvalue weighted by molar-refractivity contribution is 0.182. The number of pyridine rings is 1. The van der Waals surface area contributed by atoms with Gasteiger partial charge in [-0.05, 0) is 36.2 Å². The molecule has 0 N–H and O–H groups in total. The third-order valence-electron chi connectivity index (χ3n) is 4.31. The first-order valence-corrected chi connectivity index (χ1v) is 7.96. The highest BCUT2D eigenvalue weighted by atomic mass is 19.1. The maximum atomic E-state index is 13.3. The standard InChI is InChI=1S/C18H16FN3O3/c19-14-5-3-13(4-6-14)18(7-9-23-12-18)17-21-16(25-22-17)11-24-15-2-1-8-20-10-15/h1-6,8,10H,7,9,11-12H2. The van der Waals surface area contributed by atoms with Gasteiger partial charge in [-0.25, -0.2) is 4.39 Å². The summed E-state index contributed by atoms with van der Waals surface area (Å²) in [4.78, 5) is 8.47. The second-order valence-corrected chi connectivity index (χ2v) is 5.88. The molecule has 25 heavy (non-hydrogen) atoms. The zero-order valence-corrected chi connectivity index (χ0v) is 13.4. The predicted octanol–water partition coefficient (Wildman–Crippen LogP) is 2.89. The lowest BCUT2D eigenvalue weighted by Gasteiger charge is -2.23. The molecule has 0 aliphatic carbocycles. The van der Waals surface area contributed by atoms with Gasteiger partial charge < -0.3 is 14.0 Å². The molecule has 7 heteroatoms. The quantitative estimate of drug-likeness (QED) is 0.711. The molecule has 0 radical (unpaired) electrons. The van der Waals surface area contributed by atoms with Gasteiger partial charge in [-0.3, -0.25) is 4.98 Å². The number of halogens is 1. The van der Waals surface area contributed by atoms with Crippen LogP contribution in [0.2, 0.25) is 0 Å². The summed E-state index contributed by atoms with van der Waals surface area (Å²) in [6, 6.07) is 9.94. The molecule has 3 aromatic rings. The number of rotatable bonds is 5. The van der Waals surface area contributed by atoms with Crippen molar-refractivity contribution in [3.8, 4) is 5.75 Å². The molecule has 0 amide bonds. The molecule has 1 aromatic carbocycles. The highest BCUT2D eigenvalue weighted by Gasteiger charge is 2.42. The van der Waals surface area contributed by atoms with Gasteiger partial charge in [-0.1, -0.05) is 17.3 Å². The Kier molecular flexibility index (Phi) is 4.15. The Morgan fingerprint density at radius 3 is 2.80 bits per heavy atom. The zero-order valence-electron chi connectivity index (χ0n) is 13.4. The first-order valence-electron chi connectivity index (χ1n) is 7.96. The highest BCUT2D eigenvalue weighted by Crippen LogP contribution is 2.38. The summed E-state index contributed by atoms with van der Waals surface area (Å²) in [5.41, 5.74) is 0.385. The molecule has 2 aromatic heterocycles. The van der Waals surface area contributed by atoms with E-state index in [0.717, 1.165) is 5.56 Å². The molecule has 0 bridgehead atoms. The molecule has 128 valence electrons. The number of nitrogens with zero attached hydrogens (tertiary/aromatic N) is 3. The predicted molar refractivity (Wildman–Crippen MR) is 85.5 cm³/mol. The van der Waals surface area contributed by atoms with E-state index in [0.29, 0.717) is 37.1 Å². The normalized spacial score (nSPS) is 19.9. The number of hydrogen-bond acceptors (Lipinski definition) is 6. The van der Waals surface area contributed by atoms with Crippen molar-refractivity contribution in [1.29, 1.82) is 0 Å². The van der Waals surface area contributed by atoms with Gasteiger partial charge in [-0.2, -0.15) is 4.98 Å². The van der Waals surface area contributed by atoms with Gasteiger partial charge in [-0.15, -0.1) is 0 Å².